The maximum atomic E-state index is 11.6. The second-order valence-electron chi connectivity index (χ2n) is 3.42. The molecule has 0 saturated carbocycles. The highest BCUT2D eigenvalue weighted by Crippen LogP contribution is 2.23. The van der Waals surface area contributed by atoms with Crippen LogP contribution in [0.15, 0.2) is 22.7 Å². The standard InChI is InChI=1S/C11H15BrN2O.ClH/c1-3-9(13)11(15)14-10-6-4-5-8(12)7(10)2;/h4-6,9H,3,13H2,1-2H3,(H,14,15);1H/t9-;/m0./s1. The number of hydrogen-bond donors (Lipinski definition) is 2. The number of nitrogens with one attached hydrogen (secondary N) is 1. The van der Waals surface area contributed by atoms with Gasteiger partial charge in [0.2, 0.25) is 5.91 Å². The molecule has 0 aromatic heterocycles. The predicted octanol–water partition coefficient (Wildman–Crippen LogP) is 2.86. The van der Waals surface area contributed by atoms with Crippen molar-refractivity contribution >= 4 is 39.9 Å². The lowest BCUT2D eigenvalue weighted by molar-refractivity contribution is -0.117. The van der Waals surface area contributed by atoms with Crippen molar-refractivity contribution in [1.82, 2.24) is 0 Å². The number of amides is 1. The second-order valence-corrected chi connectivity index (χ2v) is 4.27. The highest BCUT2D eigenvalue weighted by atomic mass is 79.9. The summed E-state index contributed by atoms with van der Waals surface area (Å²) in [6.07, 6.45) is 0.638. The van der Waals surface area contributed by atoms with E-state index in [9.17, 15) is 4.79 Å². The third kappa shape index (κ3) is 3.77. The van der Waals surface area contributed by atoms with Crippen LogP contribution >= 0.6 is 28.3 Å². The number of carbonyl (C=O) groups is 1. The van der Waals surface area contributed by atoms with Crippen molar-refractivity contribution in [1.29, 1.82) is 0 Å². The maximum absolute atomic E-state index is 11.6. The van der Waals surface area contributed by atoms with Gasteiger partial charge in [-0.3, -0.25) is 4.79 Å². The molecular weight excluding hydrogens is 291 g/mol. The van der Waals surface area contributed by atoms with Crippen molar-refractivity contribution in [3.8, 4) is 0 Å². The Labute approximate surface area is 110 Å². The third-order valence-corrected chi connectivity index (χ3v) is 3.16. The Bertz CT molecular complexity index is 371. The lowest BCUT2D eigenvalue weighted by atomic mass is 10.1. The molecule has 3 N–H and O–H groups in total. The fourth-order valence-corrected chi connectivity index (χ4v) is 1.52. The van der Waals surface area contributed by atoms with E-state index in [-0.39, 0.29) is 18.3 Å². The van der Waals surface area contributed by atoms with Crippen LogP contribution in [-0.2, 0) is 4.79 Å². The first kappa shape index (κ1) is 15.4. The molecule has 1 aromatic rings. The van der Waals surface area contributed by atoms with Gasteiger partial charge in [-0.1, -0.05) is 28.9 Å². The number of hydrogen-bond acceptors (Lipinski definition) is 2. The minimum Gasteiger partial charge on any atom is -0.324 e. The highest BCUT2D eigenvalue weighted by Gasteiger charge is 2.12. The summed E-state index contributed by atoms with van der Waals surface area (Å²) in [4.78, 5) is 11.6. The van der Waals surface area contributed by atoms with Crippen LogP contribution in [0.5, 0.6) is 0 Å². The average Bonchev–Trinajstić information content (AvgIpc) is 2.23. The number of nitrogens with two attached hydrogens (primary N) is 1. The van der Waals surface area contributed by atoms with Gasteiger partial charge in [-0.2, -0.15) is 0 Å². The van der Waals surface area contributed by atoms with E-state index in [4.69, 9.17) is 5.73 Å². The summed E-state index contributed by atoms with van der Waals surface area (Å²) in [6.45, 7) is 3.83. The van der Waals surface area contributed by atoms with Crippen LogP contribution in [0, 0.1) is 6.92 Å². The molecule has 5 heteroatoms. The summed E-state index contributed by atoms with van der Waals surface area (Å²) in [5.74, 6) is -0.140. The monoisotopic (exact) mass is 306 g/mol. The Kier molecular flexibility index (Phi) is 6.64. The fraction of sp³-hybridized carbons (Fsp3) is 0.364. The van der Waals surface area contributed by atoms with Gasteiger partial charge in [-0.15, -0.1) is 12.4 Å². The summed E-state index contributed by atoms with van der Waals surface area (Å²) in [5.41, 5.74) is 7.44. The van der Waals surface area contributed by atoms with E-state index >= 15 is 0 Å². The molecule has 0 aliphatic carbocycles. The molecule has 1 rings (SSSR count). The minimum absolute atomic E-state index is 0. The van der Waals surface area contributed by atoms with Crippen LogP contribution in [-0.4, -0.2) is 11.9 Å². The Morgan fingerprint density at radius 1 is 1.56 bits per heavy atom. The van der Waals surface area contributed by atoms with E-state index < -0.39 is 6.04 Å². The highest BCUT2D eigenvalue weighted by molar-refractivity contribution is 9.10. The van der Waals surface area contributed by atoms with E-state index in [0.717, 1.165) is 15.7 Å². The number of carbonyl (C=O) groups excluding carboxylic acids is 1. The molecule has 0 spiro atoms. The molecule has 1 atom stereocenters. The summed E-state index contributed by atoms with van der Waals surface area (Å²) >= 11 is 3.41. The fourth-order valence-electron chi connectivity index (χ4n) is 1.15. The minimum atomic E-state index is -0.441. The molecule has 1 amide bonds. The van der Waals surface area contributed by atoms with E-state index in [2.05, 4.69) is 21.2 Å². The SMILES string of the molecule is CC[C@H](N)C(=O)Nc1cccc(Br)c1C.Cl. The molecule has 0 aliphatic rings. The predicted molar refractivity (Wildman–Crippen MR) is 73.0 cm³/mol. The van der Waals surface area contributed by atoms with Crippen LogP contribution in [0.2, 0.25) is 0 Å². The summed E-state index contributed by atoms with van der Waals surface area (Å²) in [6, 6.07) is 5.23. The molecule has 90 valence electrons. The Morgan fingerprint density at radius 2 is 2.19 bits per heavy atom. The van der Waals surface area contributed by atoms with Gasteiger partial charge < -0.3 is 11.1 Å². The van der Waals surface area contributed by atoms with E-state index in [1.54, 1.807) is 0 Å². The molecule has 16 heavy (non-hydrogen) atoms. The van der Waals surface area contributed by atoms with Crippen molar-refractivity contribution in [3.05, 3.63) is 28.2 Å². The number of rotatable bonds is 3. The molecule has 0 saturated heterocycles. The summed E-state index contributed by atoms with van der Waals surface area (Å²) < 4.78 is 0.977. The van der Waals surface area contributed by atoms with Gasteiger partial charge in [0, 0.05) is 10.2 Å². The normalized spacial score (nSPS) is 11.5. The van der Waals surface area contributed by atoms with Crippen molar-refractivity contribution in [2.24, 2.45) is 5.73 Å². The first-order valence-corrected chi connectivity index (χ1v) is 5.67. The molecular formula is C11H16BrClN2O. The lowest BCUT2D eigenvalue weighted by Crippen LogP contribution is -2.35. The average molecular weight is 308 g/mol. The van der Waals surface area contributed by atoms with Crippen molar-refractivity contribution in [3.63, 3.8) is 0 Å². The summed E-state index contributed by atoms with van der Waals surface area (Å²) in [5, 5.41) is 2.81. The largest absolute Gasteiger partial charge is 0.324 e. The Hall–Kier alpha value is -0.580. The Morgan fingerprint density at radius 3 is 2.75 bits per heavy atom. The van der Waals surface area contributed by atoms with E-state index in [1.165, 1.54) is 0 Å². The quantitative estimate of drug-likeness (QED) is 0.902. The zero-order valence-corrected chi connectivity index (χ0v) is 11.7. The molecule has 0 heterocycles. The smallest absolute Gasteiger partial charge is 0.241 e. The zero-order chi connectivity index (χ0) is 11.4. The Balaban J connectivity index is 0.00000225. The number of anilines is 1. The van der Waals surface area contributed by atoms with Crippen molar-refractivity contribution in [2.75, 3.05) is 5.32 Å². The van der Waals surface area contributed by atoms with Crippen LogP contribution in [0.3, 0.4) is 0 Å². The van der Waals surface area contributed by atoms with Crippen LogP contribution in [0.1, 0.15) is 18.9 Å². The van der Waals surface area contributed by atoms with Gasteiger partial charge in [0.15, 0.2) is 0 Å². The first-order chi connectivity index (χ1) is 7.06. The molecule has 1 aromatic carbocycles. The molecule has 0 aliphatic heterocycles. The van der Waals surface area contributed by atoms with Crippen molar-refractivity contribution < 1.29 is 4.79 Å². The third-order valence-electron chi connectivity index (χ3n) is 2.30. The second kappa shape index (κ2) is 6.89. The van der Waals surface area contributed by atoms with Crippen LogP contribution in [0.25, 0.3) is 0 Å². The molecule has 0 unspecified atom stereocenters. The number of benzene rings is 1. The molecule has 0 fully saturated rings. The van der Waals surface area contributed by atoms with Gasteiger partial charge >= 0.3 is 0 Å². The van der Waals surface area contributed by atoms with Crippen molar-refractivity contribution in [2.45, 2.75) is 26.3 Å². The van der Waals surface area contributed by atoms with Gasteiger partial charge in [0.05, 0.1) is 6.04 Å². The number of halogens is 2. The molecule has 0 bridgehead atoms. The van der Waals surface area contributed by atoms with Gasteiger partial charge in [0.25, 0.3) is 0 Å². The van der Waals surface area contributed by atoms with Crippen LogP contribution in [0.4, 0.5) is 5.69 Å². The summed E-state index contributed by atoms with van der Waals surface area (Å²) in [7, 11) is 0. The van der Waals surface area contributed by atoms with Gasteiger partial charge in [-0.25, -0.2) is 0 Å². The lowest BCUT2D eigenvalue weighted by Gasteiger charge is -2.12. The molecule has 0 radical (unpaired) electrons. The zero-order valence-electron chi connectivity index (χ0n) is 9.29. The van der Waals surface area contributed by atoms with E-state index in [1.807, 2.05) is 32.0 Å². The molecule has 3 nitrogen and oxygen atoms in total. The van der Waals surface area contributed by atoms with E-state index in [0.29, 0.717) is 6.42 Å². The topological polar surface area (TPSA) is 55.1 Å². The van der Waals surface area contributed by atoms with Gasteiger partial charge in [0.1, 0.15) is 0 Å². The van der Waals surface area contributed by atoms with Gasteiger partial charge in [-0.05, 0) is 31.0 Å². The maximum Gasteiger partial charge on any atom is 0.241 e. The first-order valence-electron chi connectivity index (χ1n) is 4.87. The van der Waals surface area contributed by atoms with Crippen LogP contribution < -0.4 is 11.1 Å².